The van der Waals surface area contributed by atoms with Crippen molar-refractivity contribution >= 4 is 17.5 Å². The summed E-state index contributed by atoms with van der Waals surface area (Å²) in [6.45, 7) is 1.97. The third-order valence-corrected chi connectivity index (χ3v) is 4.23. The molecule has 0 bridgehead atoms. The molecular weight excluding hydrogens is 342 g/mol. The molecule has 2 amide bonds. The average Bonchev–Trinajstić information content (AvgIpc) is 2.63. The summed E-state index contributed by atoms with van der Waals surface area (Å²) in [6, 6.07) is 15.2. The summed E-state index contributed by atoms with van der Waals surface area (Å²) in [7, 11) is 5.61. The Morgan fingerprint density at radius 3 is 2.41 bits per heavy atom. The van der Waals surface area contributed by atoms with Gasteiger partial charge in [0, 0.05) is 19.2 Å². The van der Waals surface area contributed by atoms with Gasteiger partial charge in [0.05, 0.1) is 19.6 Å². The molecule has 0 spiro atoms. The normalized spacial score (nSPS) is 11.7. The Hall–Kier alpha value is -2.86. The summed E-state index contributed by atoms with van der Waals surface area (Å²) < 4.78 is 5.29. The molecule has 0 aliphatic heterocycles. The van der Waals surface area contributed by atoms with Crippen LogP contribution in [0.1, 0.15) is 24.1 Å². The van der Waals surface area contributed by atoms with Gasteiger partial charge in [0.1, 0.15) is 5.75 Å². The number of benzene rings is 2. The predicted octanol–water partition coefficient (Wildman–Crippen LogP) is 2.62. The van der Waals surface area contributed by atoms with E-state index in [2.05, 4.69) is 15.5 Å². The number of carbonyl (C=O) groups excluding carboxylic acids is 2. The number of nitrogens with zero attached hydrogens (tertiary/aromatic N) is 1. The number of amides is 2. The van der Waals surface area contributed by atoms with Crippen molar-refractivity contribution < 1.29 is 14.3 Å². The van der Waals surface area contributed by atoms with Crippen molar-refractivity contribution in [1.29, 1.82) is 0 Å². The van der Waals surface area contributed by atoms with Gasteiger partial charge in [-0.05, 0) is 49.5 Å². The van der Waals surface area contributed by atoms with Crippen molar-refractivity contribution in [2.45, 2.75) is 19.4 Å². The van der Waals surface area contributed by atoms with E-state index in [9.17, 15) is 9.59 Å². The smallest absolute Gasteiger partial charge is 0.224 e. The number of methoxy groups -OCH3 is 1. The van der Waals surface area contributed by atoms with E-state index in [0.717, 1.165) is 22.6 Å². The Labute approximate surface area is 160 Å². The van der Waals surface area contributed by atoms with E-state index in [0.29, 0.717) is 13.0 Å². The Bertz CT molecular complexity index is 772. The zero-order chi connectivity index (χ0) is 19.8. The van der Waals surface area contributed by atoms with Crippen LogP contribution in [0, 0.1) is 0 Å². The van der Waals surface area contributed by atoms with Crippen molar-refractivity contribution in [2.75, 3.05) is 33.1 Å². The number of likely N-dealkylation sites (N-methyl/N-ethyl adjacent to an activating group) is 1. The Balaban J connectivity index is 1.94. The van der Waals surface area contributed by atoms with E-state index in [-0.39, 0.29) is 17.9 Å². The van der Waals surface area contributed by atoms with Crippen LogP contribution >= 0.6 is 0 Å². The van der Waals surface area contributed by atoms with Gasteiger partial charge in [0.15, 0.2) is 0 Å². The fraction of sp³-hybridized carbons (Fsp3) is 0.333. The summed E-state index contributed by atoms with van der Waals surface area (Å²) in [4.78, 5) is 25.4. The van der Waals surface area contributed by atoms with Crippen LogP contribution in [0.3, 0.4) is 0 Å². The lowest BCUT2D eigenvalue weighted by molar-refractivity contribution is -0.120. The SMILES string of the molecule is COc1cccc(C(CNC(=O)Cc2ccc(NC(C)=O)cc2)N(C)C)c1. The van der Waals surface area contributed by atoms with Gasteiger partial charge in [-0.3, -0.25) is 9.59 Å². The number of hydrogen-bond donors (Lipinski definition) is 2. The van der Waals surface area contributed by atoms with Crippen molar-refractivity contribution in [3.8, 4) is 5.75 Å². The zero-order valence-corrected chi connectivity index (χ0v) is 16.3. The van der Waals surface area contributed by atoms with E-state index >= 15 is 0 Å². The molecule has 0 aliphatic rings. The Morgan fingerprint density at radius 1 is 1.11 bits per heavy atom. The highest BCUT2D eigenvalue weighted by atomic mass is 16.5. The first kappa shape index (κ1) is 20.5. The monoisotopic (exact) mass is 369 g/mol. The third kappa shape index (κ3) is 6.42. The van der Waals surface area contributed by atoms with Gasteiger partial charge in [-0.1, -0.05) is 24.3 Å². The molecule has 0 saturated heterocycles. The van der Waals surface area contributed by atoms with Crippen LogP contribution in [0.4, 0.5) is 5.69 Å². The van der Waals surface area contributed by atoms with Crippen molar-refractivity contribution in [3.05, 3.63) is 59.7 Å². The maximum atomic E-state index is 12.3. The van der Waals surface area contributed by atoms with Crippen LogP contribution in [0.5, 0.6) is 5.75 Å². The van der Waals surface area contributed by atoms with Crippen LogP contribution in [0.15, 0.2) is 48.5 Å². The lowest BCUT2D eigenvalue weighted by Gasteiger charge is -2.25. The van der Waals surface area contributed by atoms with Gasteiger partial charge in [-0.25, -0.2) is 0 Å². The highest BCUT2D eigenvalue weighted by Gasteiger charge is 2.16. The second-order valence-corrected chi connectivity index (χ2v) is 6.61. The third-order valence-electron chi connectivity index (χ3n) is 4.23. The van der Waals surface area contributed by atoms with Gasteiger partial charge < -0.3 is 20.3 Å². The van der Waals surface area contributed by atoms with E-state index in [4.69, 9.17) is 4.74 Å². The number of hydrogen-bond acceptors (Lipinski definition) is 4. The highest BCUT2D eigenvalue weighted by Crippen LogP contribution is 2.22. The number of nitrogens with one attached hydrogen (secondary N) is 2. The van der Waals surface area contributed by atoms with Crippen LogP contribution in [0.25, 0.3) is 0 Å². The van der Waals surface area contributed by atoms with Gasteiger partial charge in [0.25, 0.3) is 0 Å². The number of rotatable bonds is 8. The van der Waals surface area contributed by atoms with E-state index < -0.39 is 0 Å². The first-order valence-corrected chi connectivity index (χ1v) is 8.82. The molecular formula is C21H27N3O3. The molecule has 6 nitrogen and oxygen atoms in total. The minimum Gasteiger partial charge on any atom is -0.497 e. The second kappa shape index (κ2) is 9.73. The number of anilines is 1. The molecule has 2 aromatic rings. The highest BCUT2D eigenvalue weighted by molar-refractivity contribution is 5.88. The second-order valence-electron chi connectivity index (χ2n) is 6.61. The van der Waals surface area contributed by atoms with Gasteiger partial charge >= 0.3 is 0 Å². The van der Waals surface area contributed by atoms with Gasteiger partial charge in [-0.2, -0.15) is 0 Å². The molecule has 0 saturated carbocycles. The lowest BCUT2D eigenvalue weighted by Crippen LogP contribution is -2.35. The zero-order valence-electron chi connectivity index (χ0n) is 16.3. The van der Waals surface area contributed by atoms with Gasteiger partial charge in [0.2, 0.25) is 11.8 Å². The van der Waals surface area contributed by atoms with Gasteiger partial charge in [-0.15, -0.1) is 0 Å². The van der Waals surface area contributed by atoms with E-state index in [1.165, 1.54) is 6.92 Å². The summed E-state index contributed by atoms with van der Waals surface area (Å²) in [5.41, 5.74) is 2.70. The average molecular weight is 369 g/mol. The molecule has 0 fully saturated rings. The first-order valence-electron chi connectivity index (χ1n) is 8.82. The molecule has 0 heterocycles. The first-order chi connectivity index (χ1) is 12.9. The largest absolute Gasteiger partial charge is 0.497 e. The van der Waals surface area contributed by atoms with Crippen molar-refractivity contribution in [1.82, 2.24) is 10.2 Å². The fourth-order valence-electron chi connectivity index (χ4n) is 2.81. The molecule has 0 aliphatic carbocycles. The maximum Gasteiger partial charge on any atom is 0.224 e. The molecule has 144 valence electrons. The Morgan fingerprint density at radius 2 is 1.81 bits per heavy atom. The molecule has 1 atom stereocenters. The summed E-state index contributed by atoms with van der Waals surface area (Å²) >= 11 is 0. The predicted molar refractivity (Wildman–Crippen MR) is 107 cm³/mol. The fourth-order valence-corrected chi connectivity index (χ4v) is 2.81. The Kier molecular flexibility index (Phi) is 7.37. The lowest BCUT2D eigenvalue weighted by atomic mass is 10.1. The van der Waals surface area contributed by atoms with Crippen LogP contribution < -0.4 is 15.4 Å². The van der Waals surface area contributed by atoms with Crippen molar-refractivity contribution in [3.63, 3.8) is 0 Å². The van der Waals surface area contributed by atoms with Crippen LogP contribution in [0.2, 0.25) is 0 Å². The molecule has 6 heteroatoms. The summed E-state index contributed by atoms with van der Waals surface area (Å²) in [5.74, 6) is 0.634. The molecule has 1 unspecified atom stereocenters. The molecule has 2 rings (SSSR count). The van der Waals surface area contributed by atoms with Crippen molar-refractivity contribution in [2.24, 2.45) is 0 Å². The molecule has 27 heavy (non-hydrogen) atoms. The van der Waals surface area contributed by atoms with Crippen LogP contribution in [-0.4, -0.2) is 44.5 Å². The standard InChI is InChI=1S/C21H27N3O3/c1-15(25)23-18-10-8-16(9-11-18)12-21(26)22-14-20(24(2)3)17-6-5-7-19(13-17)27-4/h5-11,13,20H,12,14H2,1-4H3,(H,22,26)(H,23,25). The number of carbonyl (C=O) groups is 2. The van der Waals surface area contributed by atoms with Crippen LogP contribution in [-0.2, 0) is 16.0 Å². The number of ether oxygens (including phenoxy) is 1. The topological polar surface area (TPSA) is 70.7 Å². The van der Waals surface area contributed by atoms with E-state index in [1.54, 1.807) is 19.2 Å². The minimum atomic E-state index is -0.118. The van der Waals surface area contributed by atoms with E-state index in [1.807, 2.05) is 50.5 Å². The quantitative estimate of drug-likeness (QED) is 0.750. The molecule has 2 aromatic carbocycles. The molecule has 2 N–H and O–H groups in total. The minimum absolute atomic E-state index is 0.0444. The summed E-state index contributed by atoms with van der Waals surface area (Å²) in [5, 5.41) is 5.71. The molecule has 0 radical (unpaired) electrons. The maximum absolute atomic E-state index is 12.3. The summed E-state index contributed by atoms with van der Waals surface area (Å²) in [6.07, 6.45) is 0.290. The molecule has 0 aromatic heterocycles.